The van der Waals surface area contributed by atoms with Gasteiger partial charge in [0, 0.05) is 24.2 Å². The third kappa shape index (κ3) is 4.61. The van der Waals surface area contributed by atoms with Gasteiger partial charge >= 0.3 is 6.09 Å². The first-order valence-electron chi connectivity index (χ1n) is 9.43. The molecule has 2 amide bonds. The summed E-state index contributed by atoms with van der Waals surface area (Å²) in [6.07, 6.45) is 0.992. The summed E-state index contributed by atoms with van der Waals surface area (Å²) in [6, 6.07) is 5.11. The van der Waals surface area contributed by atoms with Crippen LogP contribution in [0.1, 0.15) is 35.9 Å². The van der Waals surface area contributed by atoms with Gasteiger partial charge in [0.25, 0.3) is 5.91 Å². The van der Waals surface area contributed by atoms with Gasteiger partial charge in [0.15, 0.2) is 5.69 Å². The Bertz CT molecular complexity index is 893. The molecule has 9 nitrogen and oxygen atoms in total. The van der Waals surface area contributed by atoms with Gasteiger partial charge in [0.2, 0.25) is 0 Å². The van der Waals surface area contributed by atoms with Gasteiger partial charge in [-0.3, -0.25) is 4.79 Å². The van der Waals surface area contributed by atoms with E-state index in [4.69, 9.17) is 21.1 Å². The van der Waals surface area contributed by atoms with Crippen molar-refractivity contribution in [2.24, 2.45) is 0 Å². The molecule has 29 heavy (non-hydrogen) atoms. The van der Waals surface area contributed by atoms with E-state index in [0.29, 0.717) is 54.7 Å². The van der Waals surface area contributed by atoms with Crippen molar-refractivity contribution in [1.82, 2.24) is 25.2 Å². The van der Waals surface area contributed by atoms with Gasteiger partial charge in [0.1, 0.15) is 11.4 Å². The van der Waals surface area contributed by atoms with E-state index in [0.717, 1.165) is 0 Å². The quantitative estimate of drug-likeness (QED) is 0.796. The fraction of sp³-hybridized carbons (Fsp3) is 0.474. The van der Waals surface area contributed by atoms with Crippen LogP contribution in [0.15, 0.2) is 18.2 Å². The van der Waals surface area contributed by atoms with Gasteiger partial charge < -0.3 is 19.7 Å². The number of likely N-dealkylation sites (tertiary alicyclic amines) is 1. The lowest BCUT2D eigenvalue weighted by Crippen LogP contribution is -2.46. The lowest BCUT2D eigenvalue weighted by molar-refractivity contribution is 0.0856. The molecule has 0 aliphatic carbocycles. The highest BCUT2D eigenvalue weighted by atomic mass is 35.5. The van der Waals surface area contributed by atoms with Crippen LogP contribution < -0.4 is 10.1 Å². The molecule has 1 fully saturated rings. The van der Waals surface area contributed by atoms with Crippen LogP contribution in [0.5, 0.6) is 5.75 Å². The molecule has 0 saturated carbocycles. The number of aromatic nitrogens is 3. The van der Waals surface area contributed by atoms with E-state index in [1.54, 1.807) is 44.1 Å². The highest BCUT2D eigenvalue weighted by Gasteiger charge is 2.27. The minimum atomic E-state index is -0.313. The zero-order chi connectivity index (χ0) is 21.0. The van der Waals surface area contributed by atoms with Crippen LogP contribution in [0.4, 0.5) is 4.79 Å². The monoisotopic (exact) mass is 421 g/mol. The van der Waals surface area contributed by atoms with E-state index in [9.17, 15) is 9.59 Å². The van der Waals surface area contributed by atoms with Gasteiger partial charge in [-0.2, -0.15) is 0 Å². The summed E-state index contributed by atoms with van der Waals surface area (Å²) in [6.45, 7) is 4.96. The first-order valence-corrected chi connectivity index (χ1v) is 9.81. The topological polar surface area (TPSA) is 98.6 Å². The average molecular weight is 422 g/mol. The molecule has 1 saturated heterocycles. The second kappa shape index (κ2) is 9.13. The first kappa shape index (κ1) is 20.9. The number of carbonyl (C=O) groups is 2. The zero-order valence-corrected chi connectivity index (χ0v) is 17.4. The normalized spacial score (nSPS) is 14.6. The Balaban J connectivity index is 1.68. The molecular weight excluding hydrogens is 398 g/mol. The van der Waals surface area contributed by atoms with Crippen molar-refractivity contribution in [3.8, 4) is 11.4 Å². The summed E-state index contributed by atoms with van der Waals surface area (Å²) in [4.78, 5) is 26.2. The van der Waals surface area contributed by atoms with Crippen molar-refractivity contribution in [3.05, 3.63) is 34.6 Å². The largest absolute Gasteiger partial charge is 0.494 e. The maximum atomic E-state index is 12.7. The van der Waals surface area contributed by atoms with Crippen LogP contribution in [-0.4, -0.2) is 64.7 Å². The molecule has 2 heterocycles. The molecule has 0 spiro atoms. The molecule has 10 heteroatoms. The summed E-state index contributed by atoms with van der Waals surface area (Å²) < 4.78 is 11.9. The van der Waals surface area contributed by atoms with Crippen molar-refractivity contribution in [2.45, 2.75) is 32.7 Å². The Labute approximate surface area is 173 Å². The molecule has 3 rings (SSSR count). The van der Waals surface area contributed by atoms with Crippen molar-refractivity contribution >= 4 is 23.6 Å². The van der Waals surface area contributed by atoms with Crippen LogP contribution in [0, 0.1) is 6.92 Å². The van der Waals surface area contributed by atoms with E-state index in [2.05, 4.69) is 15.6 Å². The summed E-state index contributed by atoms with van der Waals surface area (Å²) in [5.74, 6) is 0.269. The Morgan fingerprint density at radius 2 is 2.03 bits per heavy atom. The number of piperidine rings is 1. The number of amides is 2. The maximum absolute atomic E-state index is 12.7. The van der Waals surface area contributed by atoms with Crippen LogP contribution in [0.2, 0.25) is 5.02 Å². The molecule has 0 atom stereocenters. The van der Waals surface area contributed by atoms with E-state index in [1.165, 1.54) is 4.68 Å². The number of methoxy groups -OCH3 is 1. The van der Waals surface area contributed by atoms with Gasteiger partial charge in [-0.15, -0.1) is 5.10 Å². The Hall–Kier alpha value is -2.81. The number of nitrogens with zero attached hydrogens (tertiary/aromatic N) is 4. The van der Waals surface area contributed by atoms with Gasteiger partial charge in [-0.1, -0.05) is 16.8 Å². The standard InChI is InChI=1S/C19H24ClN5O4/c1-4-29-19(27)24-9-7-14(8-10-24)21-18(26)17-12(2)25(23-22-17)15-11-13(20)5-6-16(15)28-3/h5-6,11,14H,4,7-10H2,1-3H3,(H,21,26). The highest BCUT2D eigenvalue weighted by Crippen LogP contribution is 2.27. The van der Waals surface area contributed by atoms with E-state index >= 15 is 0 Å². The number of rotatable bonds is 5. The molecule has 0 unspecified atom stereocenters. The van der Waals surface area contributed by atoms with Crippen LogP contribution in [0.25, 0.3) is 5.69 Å². The lowest BCUT2D eigenvalue weighted by Gasteiger charge is -2.31. The predicted octanol–water partition coefficient (Wildman–Crippen LogP) is 2.59. The van der Waals surface area contributed by atoms with Crippen LogP contribution in [0.3, 0.4) is 0 Å². The molecule has 156 valence electrons. The highest BCUT2D eigenvalue weighted by molar-refractivity contribution is 6.30. The molecule has 0 bridgehead atoms. The minimum absolute atomic E-state index is 0.0431. The molecule has 1 aliphatic rings. The van der Waals surface area contributed by atoms with Crippen molar-refractivity contribution < 1.29 is 19.1 Å². The number of hydrogen-bond donors (Lipinski definition) is 1. The van der Waals surface area contributed by atoms with Crippen LogP contribution >= 0.6 is 11.6 Å². The zero-order valence-electron chi connectivity index (χ0n) is 16.6. The van der Waals surface area contributed by atoms with Gasteiger partial charge in [-0.05, 0) is 44.9 Å². The number of benzene rings is 1. The van der Waals surface area contributed by atoms with Crippen molar-refractivity contribution in [2.75, 3.05) is 26.8 Å². The third-order valence-electron chi connectivity index (χ3n) is 4.83. The number of halogens is 1. The van der Waals surface area contributed by atoms with E-state index < -0.39 is 0 Å². The Morgan fingerprint density at radius 1 is 1.31 bits per heavy atom. The van der Waals surface area contributed by atoms with E-state index in [-0.39, 0.29) is 23.7 Å². The minimum Gasteiger partial charge on any atom is -0.494 e. The molecule has 1 aliphatic heterocycles. The molecule has 1 aromatic heterocycles. The molecule has 1 aromatic carbocycles. The van der Waals surface area contributed by atoms with Gasteiger partial charge in [-0.25, -0.2) is 9.48 Å². The predicted molar refractivity (Wildman–Crippen MR) is 107 cm³/mol. The second-order valence-electron chi connectivity index (χ2n) is 6.69. The summed E-state index contributed by atoms with van der Waals surface area (Å²) >= 11 is 6.09. The fourth-order valence-corrected chi connectivity index (χ4v) is 3.44. The Morgan fingerprint density at radius 3 is 2.69 bits per heavy atom. The van der Waals surface area contributed by atoms with Crippen LogP contribution in [-0.2, 0) is 4.74 Å². The van der Waals surface area contributed by atoms with Crippen molar-refractivity contribution in [1.29, 1.82) is 0 Å². The summed E-state index contributed by atoms with van der Waals surface area (Å²) in [7, 11) is 1.55. The number of hydrogen-bond acceptors (Lipinski definition) is 6. The lowest BCUT2D eigenvalue weighted by atomic mass is 10.1. The average Bonchev–Trinajstić information content (AvgIpc) is 3.10. The molecule has 2 aromatic rings. The smallest absolute Gasteiger partial charge is 0.409 e. The molecule has 0 radical (unpaired) electrons. The SMILES string of the molecule is CCOC(=O)N1CCC(NC(=O)c2nnn(-c3cc(Cl)ccc3OC)c2C)CC1. The van der Waals surface area contributed by atoms with E-state index in [1.807, 2.05) is 0 Å². The fourth-order valence-electron chi connectivity index (χ4n) is 3.27. The summed E-state index contributed by atoms with van der Waals surface area (Å²) in [5, 5.41) is 11.7. The summed E-state index contributed by atoms with van der Waals surface area (Å²) in [5.41, 5.74) is 1.42. The Kier molecular flexibility index (Phi) is 6.58. The molecular formula is C19H24ClN5O4. The number of nitrogens with one attached hydrogen (secondary N) is 1. The second-order valence-corrected chi connectivity index (χ2v) is 7.12. The first-order chi connectivity index (χ1) is 13.9. The third-order valence-corrected chi connectivity index (χ3v) is 5.07. The number of ether oxygens (including phenoxy) is 2. The van der Waals surface area contributed by atoms with Crippen molar-refractivity contribution in [3.63, 3.8) is 0 Å². The maximum Gasteiger partial charge on any atom is 0.409 e. The number of carbonyl (C=O) groups excluding carboxylic acids is 2. The molecule has 1 N–H and O–H groups in total. The van der Waals surface area contributed by atoms with Gasteiger partial charge in [0.05, 0.1) is 19.4 Å².